The van der Waals surface area contributed by atoms with E-state index in [0.717, 1.165) is 21.3 Å². The van der Waals surface area contributed by atoms with E-state index >= 15 is 0 Å². The fourth-order valence-electron chi connectivity index (χ4n) is 2.80. The number of halogens is 1. The van der Waals surface area contributed by atoms with Crippen LogP contribution in [0, 0.1) is 6.92 Å². The highest BCUT2D eigenvalue weighted by atomic mass is 35.5. The minimum atomic E-state index is -0.585. The van der Waals surface area contributed by atoms with Crippen LogP contribution in [-0.2, 0) is 16.0 Å². The van der Waals surface area contributed by atoms with Crippen molar-refractivity contribution in [3.05, 3.63) is 58.6 Å². The second-order valence-electron chi connectivity index (χ2n) is 6.61. The molecule has 6 nitrogen and oxygen atoms in total. The van der Waals surface area contributed by atoms with Gasteiger partial charge in [-0.1, -0.05) is 53.3 Å². The van der Waals surface area contributed by atoms with E-state index in [-0.39, 0.29) is 12.5 Å². The first-order chi connectivity index (χ1) is 13.9. The van der Waals surface area contributed by atoms with Crippen LogP contribution >= 0.6 is 22.9 Å². The van der Waals surface area contributed by atoms with Crippen LogP contribution < -0.4 is 5.32 Å². The highest BCUT2D eigenvalue weighted by molar-refractivity contribution is 7.22. The zero-order valence-electron chi connectivity index (χ0n) is 16.3. The zero-order valence-corrected chi connectivity index (χ0v) is 17.8. The SMILES string of the molecule is Cc1cccc2sc(NC(=O)OCCN(C)C(=O)CCc3ccccc3Cl)nc12. The van der Waals surface area contributed by atoms with E-state index in [4.69, 9.17) is 16.3 Å². The predicted molar refractivity (Wildman–Crippen MR) is 117 cm³/mol. The Hall–Kier alpha value is -2.64. The van der Waals surface area contributed by atoms with Gasteiger partial charge in [-0.3, -0.25) is 10.1 Å². The number of ether oxygens (including phenoxy) is 1. The van der Waals surface area contributed by atoms with Gasteiger partial charge in [0.2, 0.25) is 5.91 Å². The Morgan fingerprint density at radius 3 is 2.76 bits per heavy atom. The summed E-state index contributed by atoms with van der Waals surface area (Å²) in [6.45, 7) is 2.39. The molecule has 2 amide bonds. The van der Waals surface area contributed by atoms with Gasteiger partial charge >= 0.3 is 6.09 Å². The summed E-state index contributed by atoms with van der Waals surface area (Å²) < 4.78 is 6.18. The van der Waals surface area contributed by atoms with E-state index in [0.29, 0.717) is 29.5 Å². The van der Waals surface area contributed by atoms with Crippen LogP contribution in [0.1, 0.15) is 17.5 Å². The highest BCUT2D eigenvalue weighted by Crippen LogP contribution is 2.27. The second kappa shape index (κ2) is 9.71. The van der Waals surface area contributed by atoms with Gasteiger partial charge in [-0.15, -0.1) is 0 Å². The van der Waals surface area contributed by atoms with Crippen molar-refractivity contribution in [1.82, 2.24) is 9.88 Å². The Balaban J connectivity index is 1.41. The molecule has 0 aliphatic rings. The summed E-state index contributed by atoms with van der Waals surface area (Å²) in [5.41, 5.74) is 2.87. The molecule has 0 atom stereocenters. The smallest absolute Gasteiger partial charge is 0.413 e. The topological polar surface area (TPSA) is 71.5 Å². The number of nitrogens with zero attached hydrogens (tertiary/aromatic N) is 2. The minimum absolute atomic E-state index is 0.0319. The number of carbonyl (C=O) groups is 2. The molecule has 0 radical (unpaired) electrons. The molecular formula is C21H22ClN3O3S. The molecule has 3 rings (SSSR count). The quantitative estimate of drug-likeness (QED) is 0.577. The summed E-state index contributed by atoms with van der Waals surface area (Å²) >= 11 is 7.50. The Morgan fingerprint density at radius 1 is 1.21 bits per heavy atom. The van der Waals surface area contributed by atoms with Gasteiger partial charge in [-0.2, -0.15) is 0 Å². The molecule has 0 saturated carbocycles. The number of amides is 2. The predicted octanol–water partition coefficient (Wildman–Crippen LogP) is 4.90. The van der Waals surface area contributed by atoms with Crippen molar-refractivity contribution in [3.63, 3.8) is 0 Å². The normalized spacial score (nSPS) is 10.7. The molecule has 0 unspecified atom stereocenters. The van der Waals surface area contributed by atoms with E-state index in [1.54, 1.807) is 11.9 Å². The average Bonchev–Trinajstić information content (AvgIpc) is 3.10. The summed E-state index contributed by atoms with van der Waals surface area (Å²) in [6, 6.07) is 13.4. The van der Waals surface area contributed by atoms with Gasteiger partial charge in [-0.05, 0) is 36.6 Å². The number of hydrogen-bond acceptors (Lipinski definition) is 5. The molecule has 0 spiro atoms. The summed E-state index contributed by atoms with van der Waals surface area (Å²) in [5.74, 6) is -0.0319. The standard InChI is InChI=1S/C21H22ClN3O3S/c1-14-6-5-9-17-19(14)23-20(29-17)24-21(27)28-13-12-25(2)18(26)11-10-15-7-3-4-8-16(15)22/h3-9H,10-13H2,1-2H3,(H,23,24,27). The molecule has 8 heteroatoms. The van der Waals surface area contributed by atoms with Crippen molar-refractivity contribution in [3.8, 4) is 0 Å². The monoisotopic (exact) mass is 431 g/mol. The third-order valence-electron chi connectivity index (χ3n) is 4.48. The summed E-state index contributed by atoms with van der Waals surface area (Å²) in [5, 5.41) is 3.79. The highest BCUT2D eigenvalue weighted by Gasteiger charge is 2.13. The van der Waals surface area contributed by atoms with Gasteiger partial charge in [0, 0.05) is 18.5 Å². The lowest BCUT2D eigenvalue weighted by atomic mass is 10.1. The number of nitrogens with one attached hydrogen (secondary N) is 1. The first-order valence-corrected chi connectivity index (χ1v) is 10.4. The van der Waals surface area contributed by atoms with Crippen LogP contribution in [0.15, 0.2) is 42.5 Å². The van der Waals surface area contributed by atoms with Crippen molar-refractivity contribution < 1.29 is 14.3 Å². The maximum atomic E-state index is 12.2. The number of likely N-dealkylation sites (N-methyl/N-ethyl adjacent to an activating group) is 1. The molecule has 3 aromatic rings. The van der Waals surface area contributed by atoms with Crippen molar-refractivity contribution in [2.24, 2.45) is 0 Å². The Morgan fingerprint density at radius 2 is 2.00 bits per heavy atom. The van der Waals surface area contributed by atoms with Gasteiger partial charge in [0.25, 0.3) is 0 Å². The third kappa shape index (κ3) is 5.68. The van der Waals surface area contributed by atoms with Gasteiger partial charge in [-0.25, -0.2) is 9.78 Å². The molecule has 0 saturated heterocycles. The zero-order chi connectivity index (χ0) is 20.8. The summed E-state index contributed by atoms with van der Waals surface area (Å²) in [7, 11) is 1.69. The minimum Gasteiger partial charge on any atom is -0.447 e. The number of aromatic nitrogens is 1. The van der Waals surface area contributed by atoms with Gasteiger partial charge in [0.05, 0.1) is 16.8 Å². The van der Waals surface area contributed by atoms with Crippen LogP contribution in [0.3, 0.4) is 0 Å². The van der Waals surface area contributed by atoms with Crippen molar-refractivity contribution >= 4 is 50.3 Å². The van der Waals surface area contributed by atoms with E-state index in [9.17, 15) is 9.59 Å². The second-order valence-corrected chi connectivity index (χ2v) is 8.05. The molecule has 1 heterocycles. The Bertz CT molecular complexity index is 1020. The molecular weight excluding hydrogens is 410 g/mol. The van der Waals surface area contributed by atoms with Crippen LogP contribution in [-0.4, -0.2) is 42.1 Å². The average molecular weight is 432 g/mol. The number of fused-ring (bicyclic) bond motifs is 1. The maximum Gasteiger partial charge on any atom is 0.413 e. The third-order valence-corrected chi connectivity index (χ3v) is 5.79. The number of aryl methyl sites for hydroxylation is 2. The first kappa shape index (κ1) is 21.1. The summed E-state index contributed by atoms with van der Waals surface area (Å²) in [4.78, 5) is 30.2. The van der Waals surface area contributed by atoms with Crippen LogP contribution in [0.2, 0.25) is 5.02 Å². The lowest BCUT2D eigenvalue weighted by Gasteiger charge is -2.17. The van der Waals surface area contributed by atoms with Gasteiger partial charge in [0.15, 0.2) is 5.13 Å². The number of rotatable bonds is 7. The molecule has 2 aromatic carbocycles. The molecule has 1 N–H and O–H groups in total. The molecule has 1 aromatic heterocycles. The number of para-hydroxylation sites is 1. The Labute approximate surface area is 178 Å². The molecule has 0 fully saturated rings. The van der Waals surface area contributed by atoms with E-state index in [1.807, 2.05) is 49.4 Å². The van der Waals surface area contributed by atoms with Gasteiger partial charge < -0.3 is 9.64 Å². The van der Waals surface area contributed by atoms with Crippen LogP contribution in [0.4, 0.5) is 9.93 Å². The van der Waals surface area contributed by atoms with E-state index in [1.165, 1.54) is 11.3 Å². The number of benzene rings is 2. The van der Waals surface area contributed by atoms with Crippen molar-refractivity contribution in [2.45, 2.75) is 19.8 Å². The lowest BCUT2D eigenvalue weighted by molar-refractivity contribution is -0.130. The number of anilines is 1. The maximum absolute atomic E-state index is 12.2. The van der Waals surface area contributed by atoms with Gasteiger partial charge in [0.1, 0.15) is 6.61 Å². The van der Waals surface area contributed by atoms with Crippen LogP contribution in [0.25, 0.3) is 10.2 Å². The summed E-state index contributed by atoms with van der Waals surface area (Å²) in [6.07, 6.45) is 0.331. The Kier molecular flexibility index (Phi) is 7.06. The molecule has 0 aliphatic carbocycles. The van der Waals surface area contributed by atoms with E-state index < -0.39 is 6.09 Å². The number of carbonyl (C=O) groups excluding carboxylic acids is 2. The van der Waals surface area contributed by atoms with Crippen LogP contribution in [0.5, 0.6) is 0 Å². The lowest BCUT2D eigenvalue weighted by Crippen LogP contribution is -2.31. The molecule has 0 bridgehead atoms. The number of thiazole rings is 1. The van der Waals surface area contributed by atoms with Crippen molar-refractivity contribution in [2.75, 3.05) is 25.5 Å². The molecule has 29 heavy (non-hydrogen) atoms. The fraction of sp³-hybridized carbons (Fsp3) is 0.286. The largest absolute Gasteiger partial charge is 0.447 e. The molecule has 152 valence electrons. The fourth-order valence-corrected chi connectivity index (χ4v) is 3.96. The first-order valence-electron chi connectivity index (χ1n) is 9.21. The molecule has 0 aliphatic heterocycles. The van der Waals surface area contributed by atoms with E-state index in [2.05, 4.69) is 10.3 Å². The number of hydrogen-bond donors (Lipinski definition) is 1. The van der Waals surface area contributed by atoms with Crippen molar-refractivity contribution in [1.29, 1.82) is 0 Å².